The molecule has 0 saturated carbocycles. The molecule has 0 spiro atoms. The van der Waals surface area contributed by atoms with Crippen LogP contribution in [0.15, 0.2) is 34.0 Å². The van der Waals surface area contributed by atoms with Crippen LogP contribution in [0.4, 0.5) is 11.4 Å². The minimum Gasteiger partial charge on any atom is -0.326 e. The van der Waals surface area contributed by atoms with Gasteiger partial charge in [-0.1, -0.05) is 17.8 Å². The topological polar surface area (TPSA) is 71.1 Å². The summed E-state index contributed by atoms with van der Waals surface area (Å²) in [7, 11) is 0. The summed E-state index contributed by atoms with van der Waals surface area (Å²) in [6.45, 7) is 3.37. The van der Waals surface area contributed by atoms with E-state index in [0.29, 0.717) is 17.1 Å². The van der Waals surface area contributed by atoms with Crippen molar-refractivity contribution in [2.24, 2.45) is 0 Å². The standard InChI is InChI=1S/C14H15N3O2S2/c1-9-7-20-14(15-9)21-8-13(19)17-12-5-3-4-11(6-12)16-10(2)18/h3-7H,8H2,1-2H3,(H,16,18)(H,17,19). The van der Waals surface area contributed by atoms with Crippen molar-refractivity contribution >= 4 is 46.3 Å². The molecule has 1 aromatic carbocycles. The molecule has 0 saturated heterocycles. The van der Waals surface area contributed by atoms with Crippen LogP contribution in [0.2, 0.25) is 0 Å². The zero-order valence-corrected chi connectivity index (χ0v) is 13.3. The summed E-state index contributed by atoms with van der Waals surface area (Å²) < 4.78 is 0.884. The summed E-state index contributed by atoms with van der Waals surface area (Å²) in [6, 6.07) is 7.04. The van der Waals surface area contributed by atoms with E-state index < -0.39 is 0 Å². The minimum atomic E-state index is -0.145. The molecule has 7 heteroatoms. The Hall–Kier alpha value is -1.86. The maximum atomic E-state index is 11.9. The van der Waals surface area contributed by atoms with Crippen LogP contribution in [0.25, 0.3) is 0 Å². The fourth-order valence-corrected chi connectivity index (χ4v) is 3.25. The minimum absolute atomic E-state index is 0.104. The van der Waals surface area contributed by atoms with Crippen LogP contribution in [0, 0.1) is 6.92 Å². The Morgan fingerprint density at radius 2 is 2.00 bits per heavy atom. The molecule has 0 fully saturated rings. The Balaban J connectivity index is 1.88. The summed E-state index contributed by atoms with van der Waals surface area (Å²) in [5, 5.41) is 7.43. The van der Waals surface area contributed by atoms with Crippen molar-refractivity contribution in [3.63, 3.8) is 0 Å². The van der Waals surface area contributed by atoms with Crippen LogP contribution >= 0.6 is 23.1 Å². The molecule has 0 atom stereocenters. The molecule has 0 aliphatic carbocycles. The number of thioether (sulfide) groups is 1. The van der Waals surface area contributed by atoms with Crippen molar-refractivity contribution < 1.29 is 9.59 Å². The van der Waals surface area contributed by atoms with Crippen molar-refractivity contribution in [3.05, 3.63) is 35.3 Å². The van der Waals surface area contributed by atoms with Gasteiger partial charge in [0.25, 0.3) is 0 Å². The van der Waals surface area contributed by atoms with E-state index in [2.05, 4.69) is 15.6 Å². The third-order valence-corrected chi connectivity index (χ3v) is 4.53. The van der Waals surface area contributed by atoms with Gasteiger partial charge < -0.3 is 10.6 Å². The van der Waals surface area contributed by atoms with Gasteiger partial charge in [-0.05, 0) is 25.1 Å². The van der Waals surface area contributed by atoms with E-state index in [1.807, 2.05) is 12.3 Å². The number of aromatic nitrogens is 1. The smallest absolute Gasteiger partial charge is 0.234 e. The third-order valence-electron chi connectivity index (χ3n) is 2.39. The van der Waals surface area contributed by atoms with Gasteiger partial charge in [0.1, 0.15) is 0 Å². The van der Waals surface area contributed by atoms with E-state index in [0.717, 1.165) is 10.0 Å². The number of hydrogen-bond donors (Lipinski definition) is 2. The molecule has 2 N–H and O–H groups in total. The Bertz CT molecular complexity index is 655. The summed E-state index contributed by atoms with van der Waals surface area (Å²) in [5.41, 5.74) is 2.27. The molecular formula is C14H15N3O2S2. The first-order chi connectivity index (χ1) is 10.0. The van der Waals surface area contributed by atoms with Gasteiger partial charge in [-0.15, -0.1) is 11.3 Å². The second-order valence-corrected chi connectivity index (χ2v) is 6.43. The van der Waals surface area contributed by atoms with Crippen LogP contribution < -0.4 is 10.6 Å². The number of aryl methyl sites for hydroxylation is 1. The molecule has 0 radical (unpaired) electrons. The molecule has 0 unspecified atom stereocenters. The molecule has 2 amide bonds. The number of thiazole rings is 1. The van der Waals surface area contributed by atoms with Gasteiger partial charge in [-0.2, -0.15) is 0 Å². The predicted octanol–water partition coefficient (Wildman–Crippen LogP) is 3.14. The number of carbonyl (C=O) groups is 2. The van der Waals surface area contributed by atoms with Gasteiger partial charge >= 0.3 is 0 Å². The zero-order valence-electron chi connectivity index (χ0n) is 11.7. The number of nitrogens with zero attached hydrogens (tertiary/aromatic N) is 1. The van der Waals surface area contributed by atoms with Crippen molar-refractivity contribution in [3.8, 4) is 0 Å². The number of rotatable bonds is 5. The average molecular weight is 321 g/mol. The van der Waals surface area contributed by atoms with E-state index in [-0.39, 0.29) is 11.8 Å². The van der Waals surface area contributed by atoms with E-state index in [4.69, 9.17) is 0 Å². The van der Waals surface area contributed by atoms with Crippen molar-refractivity contribution in [1.29, 1.82) is 0 Å². The fraction of sp³-hybridized carbons (Fsp3) is 0.214. The molecule has 1 heterocycles. The predicted molar refractivity (Wildman–Crippen MR) is 87.0 cm³/mol. The fourth-order valence-electron chi connectivity index (χ4n) is 1.60. The lowest BCUT2D eigenvalue weighted by Gasteiger charge is -2.07. The third kappa shape index (κ3) is 5.20. The van der Waals surface area contributed by atoms with E-state index in [1.165, 1.54) is 30.0 Å². The molecule has 2 aromatic rings. The SMILES string of the molecule is CC(=O)Nc1cccc(NC(=O)CSc2nc(C)cs2)c1. The summed E-state index contributed by atoms with van der Waals surface area (Å²) in [5.74, 6) is 0.0538. The van der Waals surface area contributed by atoms with Crippen LogP contribution in [-0.4, -0.2) is 22.6 Å². The average Bonchev–Trinajstić information content (AvgIpc) is 2.82. The Kier molecular flexibility index (Phi) is 5.35. The van der Waals surface area contributed by atoms with Gasteiger partial charge in [-0.25, -0.2) is 4.98 Å². The number of anilines is 2. The lowest BCUT2D eigenvalue weighted by molar-refractivity contribution is -0.114. The quantitative estimate of drug-likeness (QED) is 0.830. The normalized spacial score (nSPS) is 10.2. The summed E-state index contributed by atoms with van der Waals surface area (Å²) >= 11 is 2.94. The Labute approximate surface area is 131 Å². The summed E-state index contributed by atoms with van der Waals surface area (Å²) in [4.78, 5) is 27.2. The van der Waals surface area contributed by atoms with E-state index >= 15 is 0 Å². The molecule has 110 valence electrons. The second kappa shape index (κ2) is 7.24. The van der Waals surface area contributed by atoms with E-state index in [9.17, 15) is 9.59 Å². The van der Waals surface area contributed by atoms with Gasteiger partial charge in [0, 0.05) is 29.4 Å². The second-order valence-electron chi connectivity index (χ2n) is 4.35. The first kappa shape index (κ1) is 15.5. The Morgan fingerprint density at radius 1 is 1.29 bits per heavy atom. The van der Waals surface area contributed by atoms with Gasteiger partial charge in [0.15, 0.2) is 4.34 Å². The number of hydrogen-bond acceptors (Lipinski definition) is 5. The van der Waals surface area contributed by atoms with Crippen molar-refractivity contribution in [2.75, 3.05) is 16.4 Å². The molecule has 5 nitrogen and oxygen atoms in total. The number of benzene rings is 1. The first-order valence-electron chi connectivity index (χ1n) is 6.25. The van der Waals surface area contributed by atoms with Crippen LogP contribution in [-0.2, 0) is 9.59 Å². The van der Waals surface area contributed by atoms with Gasteiger partial charge in [0.05, 0.1) is 5.75 Å². The molecule has 0 bridgehead atoms. The highest BCUT2D eigenvalue weighted by atomic mass is 32.2. The number of amides is 2. The maximum Gasteiger partial charge on any atom is 0.234 e. The Morgan fingerprint density at radius 3 is 2.62 bits per heavy atom. The summed E-state index contributed by atoms with van der Waals surface area (Å²) in [6.07, 6.45) is 0. The first-order valence-corrected chi connectivity index (χ1v) is 8.12. The highest BCUT2D eigenvalue weighted by molar-refractivity contribution is 8.01. The monoisotopic (exact) mass is 321 g/mol. The lowest BCUT2D eigenvalue weighted by atomic mass is 10.2. The molecular weight excluding hydrogens is 306 g/mol. The maximum absolute atomic E-state index is 11.9. The number of carbonyl (C=O) groups excluding carboxylic acids is 2. The molecule has 0 aliphatic heterocycles. The largest absolute Gasteiger partial charge is 0.326 e. The van der Waals surface area contributed by atoms with Crippen LogP contribution in [0.1, 0.15) is 12.6 Å². The van der Waals surface area contributed by atoms with Crippen LogP contribution in [0.3, 0.4) is 0 Å². The van der Waals surface area contributed by atoms with Crippen molar-refractivity contribution in [2.45, 2.75) is 18.2 Å². The molecule has 1 aromatic heterocycles. The van der Waals surface area contributed by atoms with Gasteiger partial charge in [-0.3, -0.25) is 9.59 Å². The zero-order chi connectivity index (χ0) is 15.2. The molecule has 2 rings (SSSR count). The highest BCUT2D eigenvalue weighted by Gasteiger charge is 2.06. The highest BCUT2D eigenvalue weighted by Crippen LogP contribution is 2.22. The van der Waals surface area contributed by atoms with Crippen molar-refractivity contribution in [1.82, 2.24) is 4.98 Å². The van der Waals surface area contributed by atoms with E-state index in [1.54, 1.807) is 24.3 Å². The lowest BCUT2D eigenvalue weighted by Crippen LogP contribution is -2.14. The number of nitrogens with one attached hydrogen (secondary N) is 2. The van der Waals surface area contributed by atoms with Gasteiger partial charge in [0.2, 0.25) is 11.8 Å². The van der Waals surface area contributed by atoms with Crippen LogP contribution in [0.5, 0.6) is 0 Å². The molecule has 0 aliphatic rings. The molecule has 21 heavy (non-hydrogen) atoms.